The average Bonchev–Trinajstić information content (AvgIpc) is 2.08. The Morgan fingerprint density at radius 3 is 2.67 bits per heavy atom. The van der Waals surface area contributed by atoms with Gasteiger partial charge in [0.25, 0.3) is 0 Å². The summed E-state index contributed by atoms with van der Waals surface area (Å²) in [7, 11) is 0. The van der Waals surface area contributed by atoms with E-state index < -0.39 is 0 Å². The molecule has 3 heteroatoms. The summed E-state index contributed by atoms with van der Waals surface area (Å²) in [5.74, 6) is 0. The van der Waals surface area contributed by atoms with E-state index in [1.807, 2.05) is 32.0 Å². The van der Waals surface area contributed by atoms with Crippen molar-refractivity contribution in [1.82, 2.24) is 5.48 Å². The van der Waals surface area contributed by atoms with Crippen molar-refractivity contribution in [1.29, 1.82) is 0 Å². The van der Waals surface area contributed by atoms with Crippen LogP contribution in [0.4, 0.5) is 0 Å². The van der Waals surface area contributed by atoms with Crippen molar-refractivity contribution in [3.05, 3.63) is 33.8 Å². The molecule has 0 aliphatic carbocycles. The Bertz CT molecular complexity index is 275. The molecular formula is C9H12BrNO. The number of rotatable bonds is 2. The largest absolute Gasteiger partial charge is 0.316 e. The van der Waals surface area contributed by atoms with Crippen LogP contribution in [0.2, 0.25) is 0 Å². The predicted molar refractivity (Wildman–Crippen MR) is 52.2 cm³/mol. The fourth-order valence-corrected chi connectivity index (χ4v) is 1.26. The van der Waals surface area contributed by atoms with Gasteiger partial charge in [-0.1, -0.05) is 28.1 Å². The molecule has 2 nitrogen and oxygen atoms in total. The van der Waals surface area contributed by atoms with E-state index in [-0.39, 0.29) is 6.04 Å². The minimum Gasteiger partial charge on any atom is -0.316 e. The first-order valence-electron chi connectivity index (χ1n) is 3.81. The molecule has 1 atom stereocenters. The van der Waals surface area contributed by atoms with Gasteiger partial charge in [-0.2, -0.15) is 5.48 Å². The maximum Gasteiger partial charge on any atom is 0.0540 e. The van der Waals surface area contributed by atoms with Crippen molar-refractivity contribution in [2.45, 2.75) is 19.9 Å². The first-order valence-corrected chi connectivity index (χ1v) is 4.60. The van der Waals surface area contributed by atoms with Gasteiger partial charge >= 0.3 is 0 Å². The van der Waals surface area contributed by atoms with Crippen LogP contribution < -0.4 is 5.48 Å². The van der Waals surface area contributed by atoms with Gasteiger partial charge in [0.15, 0.2) is 0 Å². The van der Waals surface area contributed by atoms with Gasteiger partial charge in [0, 0.05) is 4.47 Å². The smallest absolute Gasteiger partial charge is 0.0540 e. The summed E-state index contributed by atoms with van der Waals surface area (Å²) < 4.78 is 1.09. The molecule has 1 aromatic rings. The van der Waals surface area contributed by atoms with Crippen LogP contribution in [0, 0.1) is 6.92 Å². The molecule has 0 amide bonds. The molecule has 2 N–H and O–H groups in total. The molecule has 1 unspecified atom stereocenters. The summed E-state index contributed by atoms with van der Waals surface area (Å²) in [4.78, 5) is 0. The third-order valence-electron chi connectivity index (χ3n) is 1.88. The second-order valence-corrected chi connectivity index (χ2v) is 3.71. The van der Waals surface area contributed by atoms with E-state index in [2.05, 4.69) is 21.4 Å². The van der Waals surface area contributed by atoms with Crippen molar-refractivity contribution in [2.75, 3.05) is 0 Å². The Kier molecular flexibility index (Phi) is 3.26. The van der Waals surface area contributed by atoms with E-state index in [0.717, 1.165) is 10.0 Å². The Morgan fingerprint density at radius 2 is 2.17 bits per heavy atom. The van der Waals surface area contributed by atoms with E-state index >= 15 is 0 Å². The van der Waals surface area contributed by atoms with Crippen LogP contribution in [0.15, 0.2) is 22.7 Å². The highest BCUT2D eigenvalue weighted by atomic mass is 79.9. The van der Waals surface area contributed by atoms with Gasteiger partial charge in [0.05, 0.1) is 6.04 Å². The van der Waals surface area contributed by atoms with Crippen molar-refractivity contribution in [2.24, 2.45) is 0 Å². The lowest BCUT2D eigenvalue weighted by Crippen LogP contribution is -2.13. The van der Waals surface area contributed by atoms with Crippen LogP contribution in [0.1, 0.15) is 24.1 Å². The van der Waals surface area contributed by atoms with E-state index in [0.29, 0.717) is 0 Å². The first kappa shape index (κ1) is 9.71. The van der Waals surface area contributed by atoms with E-state index in [4.69, 9.17) is 5.21 Å². The maximum atomic E-state index is 8.69. The lowest BCUT2D eigenvalue weighted by Gasteiger charge is -2.10. The van der Waals surface area contributed by atoms with Gasteiger partial charge in [-0.15, -0.1) is 0 Å². The zero-order chi connectivity index (χ0) is 9.14. The normalized spacial score (nSPS) is 13.0. The molecule has 1 aromatic carbocycles. The predicted octanol–water partition coefficient (Wildman–Crippen LogP) is 2.80. The van der Waals surface area contributed by atoms with E-state index in [9.17, 15) is 0 Å². The molecule has 66 valence electrons. The fourth-order valence-electron chi connectivity index (χ4n) is 1.01. The van der Waals surface area contributed by atoms with Crippen molar-refractivity contribution in [3.8, 4) is 0 Å². The summed E-state index contributed by atoms with van der Waals surface area (Å²) >= 11 is 3.42. The van der Waals surface area contributed by atoms with Gasteiger partial charge < -0.3 is 5.21 Å². The SMILES string of the molecule is Cc1cc(C(C)NO)ccc1Br. The lowest BCUT2D eigenvalue weighted by atomic mass is 10.1. The zero-order valence-corrected chi connectivity index (χ0v) is 8.72. The quantitative estimate of drug-likeness (QED) is 0.765. The number of hydroxylamine groups is 1. The van der Waals surface area contributed by atoms with Crippen LogP contribution in [0.3, 0.4) is 0 Å². The molecule has 0 radical (unpaired) electrons. The molecule has 0 saturated heterocycles. The third kappa shape index (κ3) is 2.06. The Balaban J connectivity index is 2.96. The number of aryl methyl sites for hydroxylation is 1. The standard InChI is InChI=1S/C9H12BrNO/c1-6-5-8(7(2)11-12)3-4-9(6)10/h3-5,7,11-12H,1-2H3. The van der Waals surface area contributed by atoms with Crippen LogP contribution in [0.25, 0.3) is 0 Å². The second-order valence-electron chi connectivity index (χ2n) is 2.86. The van der Waals surface area contributed by atoms with Crippen molar-refractivity contribution < 1.29 is 5.21 Å². The summed E-state index contributed by atoms with van der Waals surface area (Å²) in [6.45, 7) is 3.93. The summed E-state index contributed by atoms with van der Waals surface area (Å²) in [6.07, 6.45) is 0. The van der Waals surface area contributed by atoms with Gasteiger partial charge in [0.1, 0.15) is 0 Å². The molecule has 0 aliphatic rings. The number of hydrogen-bond acceptors (Lipinski definition) is 2. The average molecular weight is 230 g/mol. The van der Waals surface area contributed by atoms with Gasteiger partial charge in [0.2, 0.25) is 0 Å². The van der Waals surface area contributed by atoms with Crippen molar-refractivity contribution in [3.63, 3.8) is 0 Å². The summed E-state index contributed by atoms with van der Waals surface area (Å²) in [5.41, 5.74) is 4.47. The van der Waals surface area contributed by atoms with Crippen molar-refractivity contribution >= 4 is 15.9 Å². The lowest BCUT2D eigenvalue weighted by molar-refractivity contribution is 0.133. The van der Waals surface area contributed by atoms with Gasteiger partial charge in [-0.3, -0.25) is 0 Å². The Hall–Kier alpha value is -0.380. The number of halogens is 1. The molecule has 0 heterocycles. The zero-order valence-electron chi connectivity index (χ0n) is 7.13. The van der Waals surface area contributed by atoms with Crippen LogP contribution >= 0.6 is 15.9 Å². The number of benzene rings is 1. The minimum absolute atomic E-state index is 0.0169. The van der Waals surface area contributed by atoms with Crippen LogP contribution in [-0.2, 0) is 0 Å². The molecule has 0 bridgehead atoms. The van der Waals surface area contributed by atoms with E-state index in [1.165, 1.54) is 5.56 Å². The van der Waals surface area contributed by atoms with Crippen LogP contribution in [-0.4, -0.2) is 5.21 Å². The highest BCUT2D eigenvalue weighted by Gasteiger charge is 2.03. The van der Waals surface area contributed by atoms with Gasteiger partial charge in [-0.05, 0) is 31.0 Å². The first-order chi connectivity index (χ1) is 5.65. The molecule has 1 rings (SSSR count). The molecule has 0 fully saturated rings. The number of hydrogen-bond donors (Lipinski definition) is 2. The minimum atomic E-state index is -0.0169. The maximum absolute atomic E-state index is 8.69. The fraction of sp³-hybridized carbons (Fsp3) is 0.333. The Morgan fingerprint density at radius 1 is 1.50 bits per heavy atom. The molecule has 12 heavy (non-hydrogen) atoms. The Labute approximate surface area is 80.7 Å². The molecule has 0 aliphatic heterocycles. The molecular weight excluding hydrogens is 218 g/mol. The summed E-state index contributed by atoms with van der Waals surface area (Å²) in [5, 5.41) is 8.69. The highest BCUT2D eigenvalue weighted by Crippen LogP contribution is 2.20. The molecule has 0 aromatic heterocycles. The second kappa shape index (κ2) is 4.03. The number of nitrogens with one attached hydrogen (secondary N) is 1. The van der Waals surface area contributed by atoms with Gasteiger partial charge in [-0.25, -0.2) is 0 Å². The topological polar surface area (TPSA) is 32.3 Å². The molecule has 0 spiro atoms. The van der Waals surface area contributed by atoms with Crippen LogP contribution in [0.5, 0.6) is 0 Å². The monoisotopic (exact) mass is 229 g/mol. The highest BCUT2D eigenvalue weighted by molar-refractivity contribution is 9.10. The molecule has 0 saturated carbocycles. The third-order valence-corrected chi connectivity index (χ3v) is 2.77. The summed E-state index contributed by atoms with van der Waals surface area (Å²) in [6, 6.07) is 5.98. The van der Waals surface area contributed by atoms with E-state index in [1.54, 1.807) is 0 Å².